The molecule has 0 bridgehead atoms. The van der Waals surface area contributed by atoms with Crippen LogP contribution in [0.4, 0.5) is 4.79 Å². The molecule has 0 spiro atoms. The number of nitrogens with zero attached hydrogens (tertiary/aromatic N) is 1. The molecule has 2 N–H and O–H groups in total. The minimum Gasteiger partial charge on any atom is -0.444 e. The molecule has 0 radical (unpaired) electrons. The van der Waals surface area contributed by atoms with Crippen molar-refractivity contribution in [2.75, 3.05) is 6.54 Å². The number of benzene rings is 1. The quantitative estimate of drug-likeness (QED) is 0.448. The zero-order chi connectivity index (χ0) is 27.0. The summed E-state index contributed by atoms with van der Waals surface area (Å²) in [6, 6.07) is 4.20. The molecule has 2 atom stereocenters. The molecule has 1 aromatic rings. The SMILES string of the molecule is C=CCN(C(=O)C(NC(=O)OC(C)(C)C)C(C)C)C(C(=O)NC1CCCCC1)c1cccc(C)c1C. The molecule has 1 saturated carbocycles. The van der Waals surface area contributed by atoms with E-state index in [0.29, 0.717) is 0 Å². The molecule has 1 aliphatic rings. The van der Waals surface area contributed by atoms with Crippen LogP contribution in [0.15, 0.2) is 30.9 Å². The van der Waals surface area contributed by atoms with Crippen LogP contribution in [-0.4, -0.2) is 47.0 Å². The second kappa shape index (κ2) is 12.9. The van der Waals surface area contributed by atoms with Crippen molar-refractivity contribution in [1.29, 1.82) is 0 Å². The lowest BCUT2D eigenvalue weighted by Gasteiger charge is -2.36. The number of nitrogens with one attached hydrogen (secondary N) is 2. The van der Waals surface area contributed by atoms with Gasteiger partial charge >= 0.3 is 6.09 Å². The fourth-order valence-corrected chi connectivity index (χ4v) is 4.64. The summed E-state index contributed by atoms with van der Waals surface area (Å²) in [7, 11) is 0. The summed E-state index contributed by atoms with van der Waals surface area (Å²) >= 11 is 0. The minimum absolute atomic E-state index is 0.0975. The zero-order valence-electron chi connectivity index (χ0n) is 23.1. The van der Waals surface area contributed by atoms with Crippen molar-refractivity contribution in [2.45, 2.75) is 104 Å². The van der Waals surface area contributed by atoms with Gasteiger partial charge in [-0.05, 0) is 70.1 Å². The van der Waals surface area contributed by atoms with E-state index in [1.165, 1.54) is 11.3 Å². The van der Waals surface area contributed by atoms with Crippen molar-refractivity contribution in [2.24, 2.45) is 5.92 Å². The fraction of sp³-hybridized carbons (Fsp3) is 0.621. The van der Waals surface area contributed by atoms with E-state index in [4.69, 9.17) is 4.74 Å². The van der Waals surface area contributed by atoms with E-state index in [1.54, 1.807) is 26.8 Å². The van der Waals surface area contributed by atoms with Gasteiger partial charge in [0.05, 0.1) is 0 Å². The van der Waals surface area contributed by atoms with Crippen molar-refractivity contribution in [3.63, 3.8) is 0 Å². The van der Waals surface area contributed by atoms with Crippen molar-refractivity contribution in [1.82, 2.24) is 15.5 Å². The molecule has 3 amide bonds. The van der Waals surface area contributed by atoms with Gasteiger partial charge in [0.25, 0.3) is 0 Å². The topological polar surface area (TPSA) is 87.7 Å². The van der Waals surface area contributed by atoms with E-state index < -0.39 is 23.8 Å². The van der Waals surface area contributed by atoms with Crippen LogP contribution in [0.25, 0.3) is 0 Å². The summed E-state index contributed by atoms with van der Waals surface area (Å²) in [5.74, 6) is -0.774. The molecular weight excluding hydrogens is 454 g/mol. The summed E-state index contributed by atoms with van der Waals surface area (Å²) in [6.45, 7) is 17.0. The van der Waals surface area contributed by atoms with Gasteiger partial charge in [-0.15, -0.1) is 6.58 Å². The van der Waals surface area contributed by atoms with Crippen molar-refractivity contribution >= 4 is 17.9 Å². The average molecular weight is 500 g/mol. The largest absolute Gasteiger partial charge is 0.444 e. The highest BCUT2D eigenvalue weighted by Gasteiger charge is 2.38. The van der Waals surface area contributed by atoms with E-state index in [-0.39, 0.29) is 30.3 Å². The van der Waals surface area contributed by atoms with Crippen LogP contribution < -0.4 is 10.6 Å². The lowest BCUT2D eigenvalue weighted by atomic mass is 9.92. The Morgan fingerprint density at radius 2 is 1.78 bits per heavy atom. The molecule has 36 heavy (non-hydrogen) atoms. The Morgan fingerprint density at radius 3 is 2.33 bits per heavy atom. The van der Waals surface area contributed by atoms with E-state index in [2.05, 4.69) is 17.2 Å². The maximum Gasteiger partial charge on any atom is 0.408 e. The van der Waals surface area contributed by atoms with Gasteiger partial charge in [-0.3, -0.25) is 9.59 Å². The Morgan fingerprint density at radius 1 is 1.14 bits per heavy atom. The first-order valence-corrected chi connectivity index (χ1v) is 13.1. The van der Waals surface area contributed by atoms with Gasteiger partial charge in [-0.25, -0.2) is 4.79 Å². The van der Waals surface area contributed by atoms with Crippen LogP contribution in [-0.2, 0) is 14.3 Å². The molecule has 1 fully saturated rings. The third kappa shape index (κ3) is 8.10. The number of ether oxygens (including phenoxy) is 1. The number of carbonyl (C=O) groups excluding carboxylic acids is 3. The number of hydrogen-bond donors (Lipinski definition) is 2. The first-order valence-electron chi connectivity index (χ1n) is 13.1. The number of hydrogen-bond acceptors (Lipinski definition) is 4. The maximum atomic E-state index is 14.0. The monoisotopic (exact) mass is 499 g/mol. The normalized spacial score (nSPS) is 16.1. The molecule has 200 valence electrons. The van der Waals surface area contributed by atoms with E-state index >= 15 is 0 Å². The van der Waals surface area contributed by atoms with Crippen LogP contribution in [0.2, 0.25) is 0 Å². The standard InChI is InChI=1S/C29H45N3O4/c1-9-18-32(27(34)24(19(2)3)31-28(35)36-29(6,7)8)25(23-17-13-14-20(4)21(23)5)26(33)30-22-15-11-10-12-16-22/h9,13-14,17,19,22,24-25H,1,10-12,15-16,18H2,2-8H3,(H,30,33)(H,31,35). The summed E-state index contributed by atoms with van der Waals surface area (Å²) in [6.07, 6.45) is 6.19. The molecule has 0 saturated heterocycles. The second-order valence-electron chi connectivity index (χ2n) is 11.2. The molecule has 2 unspecified atom stereocenters. The second-order valence-corrected chi connectivity index (χ2v) is 11.2. The van der Waals surface area contributed by atoms with Crippen molar-refractivity contribution in [3.8, 4) is 0 Å². The Hall–Kier alpha value is -2.83. The first kappa shape index (κ1) is 29.4. The molecule has 0 heterocycles. The van der Waals surface area contributed by atoms with Gasteiger partial charge in [-0.2, -0.15) is 0 Å². The minimum atomic E-state index is -0.866. The summed E-state index contributed by atoms with van der Waals surface area (Å²) in [5.41, 5.74) is 2.08. The Balaban J connectivity index is 2.47. The highest BCUT2D eigenvalue weighted by atomic mass is 16.6. The molecule has 0 aromatic heterocycles. The lowest BCUT2D eigenvalue weighted by molar-refractivity contribution is -0.143. The van der Waals surface area contributed by atoms with Crippen LogP contribution in [0.5, 0.6) is 0 Å². The average Bonchev–Trinajstić information content (AvgIpc) is 2.78. The maximum absolute atomic E-state index is 14.0. The highest BCUT2D eigenvalue weighted by Crippen LogP contribution is 2.29. The van der Waals surface area contributed by atoms with Crippen LogP contribution in [0.1, 0.15) is 89.5 Å². The molecule has 1 aliphatic carbocycles. The zero-order valence-corrected chi connectivity index (χ0v) is 23.1. The van der Waals surface area contributed by atoms with Gasteiger partial charge in [0.1, 0.15) is 17.7 Å². The lowest BCUT2D eigenvalue weighted by Crippen LogP contribution is -2.55. The van der Waals surface area contributed by atoms with Crippen molar-refractivity contribution < 1.29 is 19.1 Å². The predicted molar refractivity (Wildman–Crippen MR) is 144 cm³/mol. The predicted octanol–water partition coefficient (Wildman–Crippen LogP) is 5.36. The van der Waals surface area contributed by atoms with E-state index in [9.17, 15) is 14.4 Å². The number of aryl methyl sites for hydroxylation is 1. The van der Waals surface area contributed by atoms with E-state index in [0.717, 1.165) is 42.4 Å². The van der Waals surface area contributed by atoms with Gasteiger partial charge in [0.2, 0.25) is 11.8 Å². The number of alkyl carbamates (subject to hydrolysis) is 1. The third-order valence-electron chi connectivity index (χ3n) is 6.67. The summed E-state index contributed by atoms with van der Waals surface area (Å²) < 4.78 is 5.42. The molecule has 1 aromatic carbocycles. The molecule has 2 rings (SSSR count). The molecule has 7 heteroatoms. The molecule has 7 nitrogen and oxygen atoms in total. The van der Waals surface area contributed by atoms with Crippen LogP contribution in [0.3, 0.4) is 0 Å². The third-order valence-corrected chi connectivity index (χ3v) is 6.67. The summed E-state index contributed by atoms with van der Waals surface area (Å²) in [4.78, 5) is 42.0. The summed E-state index contributed by atoms with van der Waals surface area (Å²) in [5, 5.41) is 5.96. The van der Waals surface area contributed by atoms with Crippen LogP contribution >= 0.6 is 0 Å². The molecule has 0 aliphatic heterocycles. The number of carbonyl (C=O) groups is 3. The fourth-order valence-electron chi connectivity index (χ4n) is 4.64. The molecular formula is C29H45N3O4. The number of rotatable bonds is 9. The highest BCUT2D eigenvalue weighted by molar-refractivity contribution is 5.92. The Bertz CT molecular complexity index is 929. The van der Waals surface area contributed by atoms with E-state index in [1.807, 2.05) is 45.9 Å². The van der Waals surface area contributed by atoms with Crippen molar-refractivity contribution in [3.05, 3.63) is 47.5 Å². The van der Waals surface area contributed by atoms with Gasteiger partial charge in [0.15, 0.2) is 0 Å². The number of amides is 3. The first-order chi connectivity index (χ1) is 16.9. The van der Waals surface area contributed by atoms with Crippen LogP contribution in [0, 0.1) is 19.8 Å². The van der Waals surface area contributed by atoms with Gasteiger partial charge in [-0.1, -0.05) is 57.4 Å². The Labute approximate surface area is 217 Å². The Kier molecular flexibility index (Phi) is 10.6. The van der Waals surface area contributed by atoms with Gasteiger partial charge in [0, 0.05) is 12.6 Å². The smallest absolute Gasteiger partial charge is 0.408 e. The van der Waals surface area contributed by atoms with Gasteiger partial charge < -0.3 is 20.3 Å².